The molecule has 1 aromatic carbocycles. The van der Waals surface area contributed by atoms with Crippen LogP contribution in [0, 0.1) is 12.8 Å². The number of nitrogens with zero attached hydrogens (tertiary/aromatic N) is 3. The van der Waals surface area contributed by atoms with E-state index >= 15 is 0 Å². The summed E-state index contributed by atoms with van der Waals surface area (Å²) in [7, 11) is 0. The van der Waals surface area contributed by atoms with Gasteiger partial charge in [-0.2, -0.15) is 0 Å². The van der Waals surface area contributed by atoms with Crippen LogP contribution in [0.3, 0.4) is 0 Å². The molecule has 3 heterocycles. The zero-order valence-corrected chi connectivity index (χ0v) is 17.1. The number of aromatic nitrogens is 3. The summed E-state index contributed by atoms with van der Waals surface area (Å²) in [6, 6.07) is 5.64. The SMILES string of the molecule is Cc1nc(CC(C)C)oc1C(=O)Nc1ccc2nc(CN3CCOCC3)[nH]c2c1. The molecular formula is C21H27N5O3. The Labute approximate surface area is 169 Å². The van der Waals surface area contributed by atoms with Crippen molar-refractivity contribution in [1.82, 2.24) is 19.9 Å². The van der Waals surface area contributed by atoms with Crippen LogP contribution in [0.15, 0.2) is 22.6 Å². The second-order valence-corrected chi connectivity index (χ2v) is 7.88. The third kappa shape index (κ3) is 4.65. The van der Waals surface area contributed by atoms with Crippen LogP contribution < -0.4 is 5.32 Å². The summed E-state index contributed by atoms with van der Waals surface area (Å²) in [6.07, 6.45) is 0.708. The highest BCUT2D eigenvalue weighted by Gasteiger charge is 2.19. The molecule has 1 aliphatic rings. The number of hydrogen-bond donors (Lipinski definition) is 2. The fraction of sp³-hybridized carbons (Fsp3) is 0.476. The summed E-state index contributed by atoms with van der Waals surface area (Å²) in [5.41, 5.74) is 3.06. The van der Waals surface area contributed by atoms with E-state index in [1.807, 2.05) is 18.2 Å². The van der Waals surface area contributed by atoms with Gasteiger partial charge in [0.25, 0.3) is 5.91 Å². The van der Waals surface area contributed by atoms with E-state index in [0.29, 0.717) is 29.6 Å². The van der Waals surface area contributed by atoms with E-state index in [2.05, 4.69) is 39.0 Å². The number of H-pyrrole nitrogens is 1. The van der Waals surface area contributed by atoms with Gasteiger partial charge in [-0.05, 0) is 31.0 Å². The van der Waals surface area contributed by atoms with E-state index in [9.17, 15) is 4.79 Å². The smallest absolute Gasteiger partial charge is 0.293 e. The molecule has 29 heavy (non-hydrogen) atoms. The highest BCUT2D eigenvalue weighted by molar-refractivity contribution is 6.03. The maximum atomic E-state index is 12.6. The number of carbonyl (C=O) groups excluding carboxylic acids is 1. The fourth-order valence-corrected chi connectivity index (χ4v) is 3.47. The third-order valence-electron chi connectivity index (χ3n) is 4.90. The van der Waals surface area contributed by atoms with Gasteiger partial charge >= 0.3 is 0 Å². The number of morpholine rings is 1. The van der Waals surface area contributed by atoms with Crippen LogP contribution in [0.5, 0.6) is 0 Å². The van der Waals surface area contributed by atoms with E-state index in [4.69, 9.17) is 9.15 Å². The summed E-state index contributed by atoms with van der Waals surface area (Å²) in [6.45, 7) is 10.1. The molecule has 2 aromatic heterocycles. The number of nitrogens with one attached hydrogen (secondary N) is 2. The van der Waals surface area contributed by atoms with Crippen LogP contribution in [-0.4, -0.2) is 52.1 Å². The molecule has 0 aliphatic carbocycles. The standard InChI is InChI=1S/C21H27N5O3/c1-13(2)10-19-22-14(3)20(29-19)21(27)23-15-4-5-16-17(11-15)25-18(24-16)12-26-6-8-28-9-7-26/h4-5,11,13H,6-10,12H2,1-3H3,(H,23,27)(H,24,25). The average molecular weight is 397 g/mol. The van der Waals surface area contributed by atoms with Gasteiger partial charge in [-0.25, -0.2) is 9.97 Å². The second kappa shape index (κ2) is 8.34. The molecule has 0 spiro atoms. The number of aryl methyl sites for hydroxylation is 1. The van der Waals surface area contributed by atoms with Crippen LogP contribution >= 0.6 is 0 Å². The zero-order valence-electron chi connectivity index (χ0n) is 17.1. The molecule has 8 nitrogen and oxygen atoms in total. The molecule has 0 saturated carbocycles. The van der Waals surface area contributed by atoms with E-state index < -0.39 is 0 Å². The number of fused-ring (bicyclic) bond motifs is 1. The lowest BCUT2D eigenvalue weighted by atomic mass is 10.1. The van der Waals surface area contributed by atoms with Crippen molar-refractivity contribution in [3.63, 3.8) is 0 Å². The summed E-state index contributed by atoms with van der Waals surface area (Å²) in [4.78, 5) is 27.3. The third-order valence-corrected chi connectivity index (χ3v) is 4.90. The zero-order chi connectivity index (χ0) is 20.4. The normalized spacial score (nSPS) is 15.3. The number of imidazole rings is 1. The van der Waals surface area contributed by atoms with Crippen LogP contribution in [0.2, 0.25) is 0 Å². The van der Waals surface area contributed by atoms with Gasteiger partial charge in [0.05, 0.1) is 36.5 Å². The Bertz CT molecular complexity index is 1000. The second-order valence-electron chi connectivity index (χ2n) is 7.88. The summed E-state index contributed by atoms with van der Waals surface area (Å²) in [5.74, 6) is 1.89. The first-order valence-corrected chi connectivity index (χ1v) is 10.0. The lowest BCUT2D eigenvalue weighted by Crippen LogP contribution is -2.35. The lowest BCUT2D eigenvalue weighted by molar-refractivity contribution is 0.0332. The quantitative estimate of drug-likeness (QED) is 0.663. The molecule has 0 bridgehead atoms. The van der Waals surface area contributed by atoms with Gasteiger partial charge in [0.2, 0.25) is 5.76 Å². The van der Waals surface area contributed by atoms with Gasteiger partial charge in [0.1, 0.15) is 5.82 Å². The minimum Gasteiger partial charge on any atom is -0.435 e. The Kier molecular flexibility index (Phi) is 5.64. The Morgan fingerprint density at radius 1 is 1.28 bits per heavy atom. The Morgan fingerprint density at radius 3 is 2.83 bits per heavy atom. The van der Waals surface area contributed by atoms with E-state index in [0.717, 1.165) is 49.7 Å². The van der Waals surface area contributed by atoms with Crippen molar-refractivity contribution in [3.05, 3.63) is 41.4 Å². The van der Waals surface area contributed by atoms with Gasteiger partial charge in [-0.15, -0.1) is 0 Å². The molecule has 3 aromatic rings. The number of aromatic amines is 1. The van der Waals surface area contributed by atoms with Gasteiger partial charge in [-0.1, -0.05) is 13.8 Å². The molecule has 0 radical (unpaired) electrons. The molecule has 1 amide bonds. The monoisotopic (exact) mass is 397 g/mol. The van der Waals surface area contributed by atoms with Crippen molar-refractivity contribution < 1.29 is 13.9 Å². The fourth-order valence-electron chi connectivity index (χ4n) is 3.47. The molecule has 4 rings (SSSR count). The van der Waals surface area contributed by atoms with Crippen molar-refractivity contribution in [1.29, 1.82) is 0 Å². The topological polar surface area (TPSA) is 96.3 Å². The first-order valence-electron chi connectivity index (χ1n) is 10.0. The maximum absolute atomic E-state index is 12.6. The molecule has 1 fully saturated rings. The van der Waals surface area contributed by atoms with Crippen molar-refractivity contribution in [3.8, 4) is 0 Å². The Hall–Kier alpha value is -2.71. The van der Waals surface area contributed by atoms with E-state index in [1.165, 1.54) is 0 Å². The number of anilines is 1. The number of carbonyl (C=O) groups is 1. The average Bonchev–Trinajstić information content (AvgIpc) is 3.24. The number of ether oxygens (including phenoxy) is 1. The van der Waals surface area contributed by atoms with Crippen molar-refractivity contribution in [2.75, 3.05) is 31.6 Å². The predicted octanol–water partition coefficient (Wildman–Crippen LogP) is 3.14. The van der Waals surface area contributed by atoms with Crippen LogP contribution in [0.25, 0.3) is 11.0 Å². The van der Waals surface area contributed by atoms with E-state index in [-0.39, 0.29) is 11.7 Å². The Morgan fingerprint density at radius 2 is 2.07 bits per heavy atom. The summed E-state index contributed by atoms with van der Waals surface area (Å²) < 4.78 is 11.1. The maximum Gasteiger partial charge on any atom is 0.293 e. The minimum atomic E-state index is -0.294. The molecule has 0 atom stereocenters. The number of benzene rings is 1. The van der Waals surface area contributed by atoms with Gasteiger partial charge in [0.15, 0.2) is 5.89 Å². The van der Waals surface area contributed by atoms with Crippen molar-refractivity contribution in [2.45, 2.75) is 33.7 Å². The molecule has 8 heteroatoms. The van der Waals surface area contributed by atoms with Gasteiger partial charge in [0, 0.05) is 25.2 Å². The Balaban J connectivity index is 1.46. The van der Waals surface area contributed by atoms with E-state index in [1.54, 1.807) is 6.92 Å². The van der Waals surface area contributed by atoms with Crippen molar-refractivity contribution in [2.24, 2.45) is 5.92 Å². The minimum absolute atomic E-state index is 0.262. The number of amides is 1. The largest absolute Gasteiger partial charge is 0.435 e. The van der Waals surface area contributed by atoms with Gasteiger partial charge in [-0.3, -0.25) is 9.69 Å². The van der Waals surface area contributed by atoms with Crippen LogP contribution in [0.4, 0.5) is 5.69 Å². The molecule has 154 valence electrons. The predicted molar refractivity (Wildman–Crippen MR) is 110 cm³/mol. The van der Waals surface area contributed by atoms with Crippen LogP contribution in [0.1, 0.15) is 41.8 Å². The molecule has 1 saturated heterocycles. The number of rotatable bonds is 6. The van der Waals surface area contributed by atoms with Crippen molar-refractivity contribution >= 4 is 22.6 Å². The molecular weight excluding hydrogens is 370 g/mol. The highest BCUT2D eigenvalue weighted by atomic mass is 16.5. The van der Waals surface area contributed by atoms with Crippen LogP contribution in [-0.2, 0) is 17.7 Å². The first kappa shape index (κ1) is 19.6. The molecule has 1 aliphatic heterocycles. The van der Waals surface area contributed by atoms with Gasteiger partial charge < -0.3 is 19.5 Å². The molecule has 0 unspecified atom stereocenters. The lowest BCUT2D eigenvalue weighted by Gasteiger charge is -2.25. The summed E-state index contributed by atoms with van der Waals surface area (Å²) >= 11 is 0. The highest BCUT2D eigenvalue weighted by Crippen LogP contribution is 2.20. The first-order chi connectivity index (χ1) is 14.0. The summed E-state index contributed by atoms with van der Waals surface area (Å²) in [5, 5.41) is 2.90. The number of oxazole rings is 1. The number of hydrogen-bond acceptors (Lipinski definition) is 6. The molecule has 2 N–H and O–H groups in total.